The molecule has 0 unspecified atom stereocenters. The highest BCUT2D eigenvalue weighted by atomic mass is 15.3. The van der Waals surface area contributed by atoms with E-state index in [1.54, 1.807) is 18.3 Å². The van der Waals surface area contributed by atoms with E-state index in [2.05, 4.69) is 26.7 Å². The molecule has 2 aromatic heterocycles. The summed E-state index contributed by atoms with van der Waals surface area (Å²) in [5.74, 6) is 1.10. The Bertz CT molecular complexity index is 675. The van der Waals surface area contributed by atoms with Crippen molar-refractivity contribution >= 4 is 11.6 Å². The van der Waals surface area contributed by atoms with Gasteiger partial charge in [-0.15, -0.1) is 10.2 Å². The Kier molecular flexibility index (Phi) is 3.28. The Labute approximate surface area is 116 Å². The average Bonchev–Trinajstić information content (AvgIpc) is 3.01. The molecule has 0 radical (unpaired) electrons. The zero-order valence-corrected chi connectivity index (χ0v) is 10.8. The Hall–Kier alpha value is -2.89. The Morgan fingerprint density at radius 3 is 2.70 bits per heavy atom. The maximum absolute atomic E-state index is 5.51. The number of nitrogens with one attached hydrogen (secondary N) is 1. The number of benzene rings is 1. The lowest BCUT2D eigenvalue weighted by molar-refractivity contribution is 0.862. The first-order chi connectivity index (χ1) is 9.83. The van der Waals surface area contributed by atoms with Gasteiger partial charge >= 0.3 is 0 Å². The maximum atomic E-state index is 5.51. The molecule has 0 aliphatic carbocycles. The van der Waals surface area contributed by atoms with Crippen LogP contribution in [0.2, 0.25) is 0 Å². The van der Waals surface area contributed by atoms with E-state index in [1.807, 2.05) is 35.1 Å². The average molecular weight is 266 g/mol. The molecule has 100 valence electrons. The fourth-order valence-corrected chi connectivity index (χ4v) is 1.92. The number of hydrogen-bond donors (Lipinski definition) is 2. The van der Waals surface area contributed by atoms with Crippen molar-refractivity contribution in [1.29, 1.82) is 0 Å². The Morgan fingerprint density at radius 2 is 1.95 bits per heavy atom. The third-order valence-corrected chi connectivity index (χ3v) is 2.89. The SMILES string of the molecule is Nc1ccc(NCc2ccccc2-n2cccn2)nn1. The van der Waals surface area contributed by atoms with Crippen LogP contribution in [0.1, 0.15) is 5.56 Å². The maximum Gasteiger partial charge on any atom is 0.149 e. The minimum Gasteiger partial charge on any atom is -0.382 e. The van der Waals surface area contributed by atoms with E-state index in [-0.39, 0.29) is 0 Å². The molecule has 3 aromatic rings. The summed E-state index contributed by atoms with van der Waals surface area (Å²) in [5.41, 5.74) is 7.67. The second kappa shape index (κ2) is 5.40. The normalized spacial score (nSPS) is 10.4. The van der Waals surface area contributed by atoms with Crippen molar-refractivity contribution in [3.63, 3.8) is 0 Å². The number of anilines is 2. The molecule has 1 aromatic carbocycles. The second-order valence-corrected chi connectivity index (χ2v) is 4.28. The summed E-state index contributed by atoms with van der Waals surface area (Å²) >= 11 is 0. The third kappa shape index (κ3) is 2.59. The summed E-state index contributed by atoms with van der Waals surface area (Å²) < 4.78 is 1.84. The van der Waals surface area contributed by atoms with E-state index >= 15 is 0 Å². The highest BCUT2D eigenvalue weighted by molar-refractivity contribution is 5.44. The molecule has 6 heteroatoms. The lowest BCUT2D eigenvalue weighted by Gasteiger charge is -2.10. The molecule has 0 amide bonds. The lowest BCUT2D eigenvalue weighted by atomic mass is 10.2. The zero-order chi connectivity index (χ0) is 13.8. The fraction of sp³-hybridized carbons (Fsp3) is 0.0714. The predicted molar refractivity (Wildman–Crippen MR) is 77.3 cm³/mol. The molecule has 6 nitrogen and oxygen atoms in total. The number of nitrogens with two attached hydrogens (primary N) is 1. The van der Waals surface area contributed by atoms with Gasteiger partial charge in [0.2, 0.25) is 0 Å². The van der Waals surface area contributed by atoms with Crippen LogP contribution in [0.4, 0.5) is 11.6 Å². The van der Waals surface area contributed by atoms with E-state index in [1.165, 1.54) is 0 Å². The van der Waals surface area contributed by atoms with Gasteiger partial charge in [0.25, 0.3) is 0 Å². The molecule has 0 fully saturated rings. The molecule has 0 bridgehead atoms. The molecule has 0 saturated heterocycles. The number of rotatable bonds is 4. The molecule has 0 atom stereocenters. The van der Waals surface area contributed by atoms with Crippen LogP contribution in [-0.2, 0) is 6.54 Å². The molecule has 20 heavy (non-hydrogen) atoms. The van der Waals surface area contributed by atoms with E-state index in [9.17, 15) is 0 Å². The van der Waals surface area contributed by atoms with E-state index in [0.717, 1.165) is 11.3 Å². The highest BCUT2D eigenvalue weighted by Crippen LogP contribution is 2.15. The summed E-state index contributed by atoms with van der Waals surface area (Å²) in [6.07, 6.45) is 3.68. The van der Waals surface area contributed by atoms with Crippen molar-refractivity contribution in [3.8, 4) is 5.69 Å². The molecule has 0 aliphatic heterocycles. The zero-order valence-electron chi connectivity index (χ0n) is 10.8. The smallest absolute Gasteiger partial charge is 0.149 e. The third-order valence-electron chi connectivity index (χ3n) is 2.89. The quantitative estimate of drug-likeness (QED) is 0.753. The summed E-state index contributed by atoms with van der Waals surface area (Å²) in [6, 6.07) is 13.5. The number of hydrogen-bond acceptors (Lipinski definition) is 5. The number of para-hydroxylation sites is 1. The molecular weight excluding hydrogens is 252 g/mol. The van der Waals surface area contributed by atoms with Crippen molar-refractivity contribution in [2.75, 3.05) is 11.1 Å². The van der Waals surface area contributed by atoms with Crippen LogP contribution in [-0.4, -0.2) is 20.0 Å². The fourth-order valence-electron chi connectivity index (χ4n) is 1.92. The van der Waals surface area contributed by atoms with Gasteiger partial charge in [0.1, 0.15) is 11.6 Å². The van der Waals surface area contributed by atoms with E-state index in [0.29, 0.717) is 18.2 Å². The first-order valence-corrected chi connectivity index (χ1v) is 6.24. The second-order valence-electron chi connectivity index (χ2n) is 4.28. The van der Waals surface area contributed by atoms with Crippen LogP contribution in [0.25, 0.3) is 5.69 Å². The summed E-state index contributed by atoms with van der Waals surface area (Å²) in [7, 11) is 0. The monoisotopic (exact) mass is 266 g/mol. The summed E-state index contributed by atoms with van der Waals surface area (Å²) in [5, 5.41) is 15.3. The van der Waals surface area contributed by atoms with Crippen LogP contribution < -0.4 is 11.1 Å². The minimum atomic E-state index is 0.410. The molecular formula is C14H14N6. The molecule has 3 N–H and O–H groups in total. The van der Waals surface area contributed by atoms with Gasteiger partial charge in [-0.25, -0.2) is 4.68 Å². The van der Waals surface area contributed by atoms with Gasteiger partial charge in [-0.2, -0.15) is 5.10 Å². The first kappa shape index (κ1) is 12.2. The predicted octanol–water partition coefficient (Wildman–Crippen LogP) is 1.86. The van der Waals surface area contributed by atoms with Gasteiger partial charge in [0.05, 0.1) is 5.69 Å². The first-order valence-electron chi connectivity index (χ1n) is 6.24. The van der Waals surface area contributed by atoms with Gasteiger partial charge in [0.15, 0.2) is 0 Å². The van der Waals surface area contributed by atoms with E-state index in [4.69, 9.17) is 5.73 Å². The van der Waals surface area contributed by atoms with Gasteiger partial charge < -0.3 is 11.1 Å². The molecule has 0 spiro atoms. The van der Waals surface area contributed by atoms with Gasteiger partial charge in [-0.1, -0.05) is 18.2 Å². The van der Waals surface area contributed by atoms with Crippen LogP contribution in [0.3, 0.4) is 0 Å². The summed E-state index contributed by atoms with van der Waals surface area (Å²) in [6.45, 7) is 0.634. The number of aromatic nitrogens is 4. The Morgan fingerprint density at radius 1 is 1.05 bits per heavy atom. The molecule has 2 heterocycles. The van der Waals surface area contributed by atoms with Gasteiger partial charge in [-0.05, 0) is 29.8 Å². The van der Waals surface area contributed by atoms with E-state index < -0.39 is 0 Å². The lowest BCUT2D eigenvalue weighted by Crippen LogP contribution is -2.07. The Balaban J connectivity index is 1.79. The van der Waals surface area contributed by atoms with Crippen molar-refractivity contribution < 1.29 is 0 Å². The van der Waals surface area contributed by atoms with Crippen molar-refractivity contribution in [2.24, 2.45) is 0 Å². The van der Waals surface area contributed by atoms with Gasteiger partial charge in [0, 0.05) is 18.9 Å². The van der Waals surface area contributed by atoms with Crippen molar-refractivity contribution in [3.05, 3.63) is 60.4 Å². The van der Waals surface area contributed by atoms with Crippen LogP contribution in [0.5, 0.6) is 0 Å². The molecule has 0 aliphatic rings. The topological polar surface area (TPSA) is 81.6 Å². The standard InChI is InChI=1S/C14H14N6/c15-13-6-7-14(19-18-13)16-10-11-4-1-2-5-12(11)20-9-3-8-17-20/h1-9H,10H2,(H2,15,18)(H,16,19). The van der Waals surface area contributed by atoms with Crippen molar-refractivity contribution in [2.45, 2.75) is 6.54 Å². The van der Waals surface area contributed by atoms with Crippen LogP contribution >= 0.6 is 0 Å². The minimum absolute atomic E-state index is 0.410. The number of nitrogen functional groups attached to an aromatic ring is 1. The molecule has 3 rings (SSSR count). The highest BCUT2D eigenvalue weighted by Gasteiger charge is 2.04. The van der Waals surface area contributed by atoms with Crippen LogP contribution in [0.15, 0.2) is 54.9 Å². The van der Waals surface area contributed by atoms with Crippen LogP contribution in [0, 0.1) is 0 Å². The van der Waals surface area contributed by atoms with Crippen molar-refractivity contribution in [1.82, 2.24) is 20.0 Å². The number of nitrogens with zero attached hydrogens (tertiary/aromatic N) is 4. The summed E-state index contributed by atoms with van der Waals surface area (Å²) in [4.78, 5) is 0. The largest absolute Gasteiger partial charge is 0.382 e. The molecule has 0 saturated carbocycles. The van der Waals surface area contributed by atoms with Gasteiger partial charge in [-0.3, -0.25) is 0 Å².